The lowest BCUT2D eigenvalue weighted by Crippen LogP contribution is -2.38. The quantitative estimate of drug-likeness (QED) is 0.788. The second-order valence-corrected chi connectivity index (χ2v) is 4.13. The van der Waals surface area contributed by atoms with Crippen LogP contribution in [0, 0.1) is 0 Å². The molecule has 1 heterocycles. The van der Waals surface area contributed by atoms with Crippen LogP contribution in [0.3, 0.4) is 0 Å². The first-order valence-electron chi connectivity index (χ1n) is 5.60. The van der Waals surface area contributed by atoms with E-state index in [4.69, 9.17) is 10.5 Å². The van der Waals surface area contributed by atoms with Gasteiger partial charge in [-0.15, -0.1) is 6.58 Å². The van der Waals surface area contributed by atoms with Gasteiger partial charge in [-0.2, -0.15) is 0 Å². The van der Waals surface area contributed by atoms with Crippen molar-refractivity contribution in [1.29, 1.82) is 0 Å². The lowest BCUT2D eigenvalue weighted by molar-refractivity contribution is 0.214. The molecule has 1 unspecified atom stereocenters. The molecule has 1 atom stereocenters. The van der Waals surface area contributed by atoms with Crippen LogP contribution < -0.4 is 15.4 Å². The van der Waals surface area contributed by atoms with Gasteiger partial charge < -0.3 is 15.4 Å². The van der Waals surface area contributed by atoms with Gasteiger partial charge in [-0.25, -0.2) is 0 Å². The van der Waals surface area contributed by atoms with Crippen LogP contribution in [0.15, 0.2) is 30.9 Å². The van der Waals surface area contributed by atoms with E-state index >= 15 is 0 Å². The van der Waals surface area contributed by atoms with E-state index in [9.17, 15) is 0 Å². The van der Waals surface area contributed by atoms with Crippen molar-refractivity contribution in [2.24, 2.45) is 5.73 Å². The molecule has 0 amide bonds. The van der Waals surface area contributed by atoms with Crippen molar-refractivity contribution >= 4 is 5.69 Å². The average Bonchev–Trinajstić information content (AvgIpc) is 2.28. The highest BCUT2D eigenvalue weighted by molar-refractivity contribution is 5.61. The summed E-state index contributed by atoms with van der Waals surface area (Å²) in [6.45, 7) is 8.16. The minimum Gasteiger partial charge on any atom is -0.487 e. The average molecular weight is 218 g/mol. The number of nitrogens with two attached hydrogens (primary N) is 1. The maximum atomic E-state index is 5.82. The normalized spacial score (nSPS) is 18.9. The first kappa shape index (κ1) is 11.0. The molecule has 0 aliphatic carbocycles. The van der Waals surface area contributed by atoms with Crippen LogP contribution in [-0.4, -0.2) is 19.2 Å². The molecule has 3 heteroatoms. The van der Waals surface area contributed by atoms with Gasteiger partial charge in [0.2, 0.25) is 0 Å². The fourth-order valence-corrected chi connectivity index (χ4v) is 2.03. The number of benzene rings is 1. The van der Waals surface area contributed by atoms with Crippen LogP contribution in [0.2, 0.25) is 0 Å². The second-order valence-electron chi connectivity index (χ2n) is 4.13. The summed E-state index contributed by atoms with van der Waals surface area (Å²) in [4.78, 5) is 2.27. The van der Waals surface area contributed by atoms with Crippen molar-refractivity contribution in [3.8, 4) is 5.75 Å². The number of nitrogens with zero attached hydrogens (tertiary/aromatic N) is 1. The van der Waals surface area contributed by atoms with Crippen molar-refractivity contribution in [2.75, 3.05) is 18.0 Å². The van der Waals surface area contributed by atoms with E-state index in [1.54, 1.807) is 0 Å². The Hall–Kier alpha value is -1.48. The van der Waals surface area contributed by atoms with E-state index < -0.39 is 0 Å². The molecule has 1 aliphatic heterocycles. The Labute approximate surface area is 96.5 Å². The van der Waals surface area contributed by atoms with Crippen molar-refractivity contribution in [2.45, 2.75) is 19.6 Å². The minimum atomic E-state index is 0.209. The van der Waals surface area contributed by atoms with E-state index in [-0.39, 0.29) is 6.10 Å². The van der Waals surface area contributed by atoms with E-state index in [1.165, 1.54) is 0 Å². The summed E-state index contributed by atoms with van der Waals surface area (Å²) in [6.07, 6.45) is 2.12. The molecule has 0 bridgehead atoms. The van der Waals surface area contributed by atoms with Gasteiger partial charge in [-0.1, -0.05) is 12.1 Å². The zero-order chi connectivity index (χ0) is 11.5. The maximum Gasteiger partial charge on any atom is 0.143 e. The molecule has 2 N–H and O–H groups in total. The number of rotatable bonds is 3. The lowest BCUT2D eigenvalue weighted by Gasteiger charge is -2.34. The smallest absolute Gasteiger partial charge is 0.143 e. The Kier molecular flexibility index (Phi) is 3.15. The summed E-state index contributed by atoms with van der Waals surface area (Å²) < 4.78 is 5.82. The number of ether oxygens (including phenoxy) is 1. The lowest BCUT2D eigenvalue weighted by atomic mass is 10.1. The summed E-state index contributed by atoms with van der Waals surface area (Å²) in [5, 5.41) is 0. The third kappa shape index (κ3) is 2.04. The summed E-state index contributed by atoms with van der Waals surface area (Å²) in [5.41, 5.74) is 7.86. The summed E-state index contributed by atoms with van der Waals surface area (Å²) in [7, 11) is 0. The molecule has 0 fully saturated rings. The van der Waals surface area contributed by atoms with Crippen molar-refractivity contribution in [3.05, 3.63) is 36.4 Å². The number of hydrogen-bond donors (Lipinski definition) is 1. The molecule has 1 aromatic rings. The molecular weight excluding hydrogens is 200 g/mol. The van der Waals surface area contributed by atoms with Gasteiger partial charge in [-0.05, 0) is 24.6 Å². The van der Waals surface area contributed by atoms with Crippen LogP contribution in [0.1, 0.15) is 12.5 Å². The van der Waals surface area contributed by atoms with Crippen LogP contribution in [-0.2, 0) is 6.54 Å². The number of anilines is 1. The van der Waals surface area contributed by atoms with Gasteiger partial charge >= 0.3 is 0 Å². The van der Waals surface area contributed by atoms with Crippen LogP contribution in [0.25, 0.3) is 0 Å². The molecule has 1 aromatic carbocycles. The van der Waals surface area contributed by atoms with Gasteiger partial charge in [0.15, 0.2) is 0 Å². The van der Waals surface area contributed by atoms with Crippen LogP contribution in [0.4, 0.5) is 5.69 Å². The Morgan fingerprint density at radius 3 is 3.12 bits per heavy atom. The second kappa shape index (κ2) is 4.58. The zero-order valence-corrected chi connectivity index (χ0v) is 9.65. The van der Waals surface area contributed by atoms with Gasteiger partial charge in [0.05, 0.1) is 12.2 Å². The number of hydrogen-bond acceptors (Lipinski definition) is 3. The predicted octanol–water partition coefficient (Wildman–Crippen LogP) is 1.92. The topological polar surface area (TPSA) is 38.5 Å². The summed E-state index contributed by atoms with van der Waals surface area (Å²) in [6, 6.07) is 6.16. The van der Waals surface area contributed by atoms with Gasteiger partial charge in [-0.3, -0.25) is 0 Å². The van der Waals surface area contributed by atoms with Crippen molar-refractivity contribution in [3.63, 3.8) is 0 Å². The molecule has 2 rings (SSSR count). The van der Waals surface area contributed by atoms with Crippen molar-refractivity contribution in [1.82, 2.24) is 0 Å². The highest BCUT2D eigenvalue weighted by atomic mass is 16.5. The van der Waals surface area contributed by atoms with Crippen LogP contribution >= 0.6 is 0 Å². The van der Waals surface area contributed by atoms with Crippen LogP contribution in [0.5, 0.6) is 5.75 Å². The maximum absolute atomic E-state index is 5.82. The van der Waals surface area contributed by atoms with Crippen molar-refractivity contribution < 1.29 is 4.74 Å². The third-order valence-electron chi connectivity index (χ3n) is 2.76. The molecule has 0 aromatic heterocycles. The van der Waals surface area contributed by atoms with Gasteiger partial charge in [0, 0.05) is 13.1 Å². The van der Waals surface area contributed by atoms with E-state index in [0.29, 0.717) is 6.54 Å². The first-order chi connectivity index (χ1) is 7.74. The Bertz CT molecular complexity index is 390. The predicted molar refractivity (Wildman–Crippen MR) is 66.8 cm³/mol. The number of fused-ring (bicyclic) bond motifs is 1. The van der Waals surface area contributed by atoms with Gasteiger partial charge in [0.1, 0.15) is 11.9 Å². The molecule has 0 saturated heterocycles. The Morgan fingerprint density at radius 1 is 1.62 bits per heavy atom. The molecule has 0 radical (unpaired) electrons. The SMILES string of the molecule is C=CCN1CC(C)Oc2cc(CN)ccc21. The monoisotopic (exact) mass is 218 g/mol. The highest BCUT2D eigenvalue weighted by Crippen LogP contribution is 2.34. The minimum absolute atomic E-state index is 0.209. The third-order valence-corrected chi connectivity index (χ3v) is 2.76. The molecule has 16 heavy (non-hydrogen) atoms. The Balaban J connectivity index is 2.35. The summed E-state index contributed by atoms with van der Waals surface area (Å²) >= 11 is 0. The van der Waals surface area contributed by atoms with E-state index in [1.807, 2.05) is 18.2 Å². The molecular formula is C13H18N2O. The standard InChI is InChI=1S/C13H18N2O/c1-3-6-15-9-10(2)16-13-7-11(8-14)4-5-12(13)15/h3-5,7,10H,1,6,8-9,14H2,2H3. The molecule has 0 saturated carbocycles. The fraction of sp³-hybridized carbons (Fsp3) is 0.385. The Morgan fingerprint density at radius 2 is 2.44 bits per heavy atom. The first-order valence-corrected chi connectivity index (χ1v) is 5.60. The zero-order valence-electron chi connectivity index (χ0n) is 9.65. The summed E-state index contributed by atoms with van der Waals surface area (Å²) in [5.74, 6) is 0.934. The largest absolute Gasteiger partial charge is 0.487 e. The van der Waals surface area contributed by atoms with E-state index in [0.717, 1.165) is 30.1 Å². The molecule has 3 nitrogen and oxygen atoms in total. The fourth-order valence-electron chi connectivity index (χ4n) is 2.03. The molecule has 1 aliphatic rings. The highest BCUT2D eigenvalue weighted by Gasteiger charge is 2.21. The van der Waals surface area contributed by atoms with E-state index in [2.05, 4.69) is 24.5 Å². The molecule has 0 spiro atoms. The van der Waals surface area contributed by atoms with Gasteiger partial charge in [0.25, 0.3) is 0 Å². The molecule has 86 valence electrons.